The quantitative estimate of drug-likeness (QED) is 0.587. The van der Waals surface area contributed by atoms with Crippen molar-refractivity contribution in [3.8, 4) is 0 Å². The zero-order chi connectivity index (χ0) is 11.9. The van der Waals surface area contributed by atoms with Gasteiger partial charge in [-0.25, -0.2) is 4.98 Å². The molecule has 0 radical (unpaired) electrons. The first-order valence-electron chi connectivity index (χ1n) is 5.30. The number of nitrogens with zero attached hydrogens (tertiary/aromatic N) is 1. The Balaban J connectivity index is 3.21. The maximum absolute atomic E-state index is 6.27. The van der Waals surface area contributed by atoms with E-state index in [1.54, 1.807) is 0 Å². The van der Waals surface area contributed by atoms with E-state index >= 15 is 0 Å². The molecule has 0 fully saturated rings. The van der Waals surface area contributed by atoms with Gasteiger partial charge in [-0.1, -0.05) is 56.9 Å². The maximum Gasteiger partial charge on any atom is 0.128 e. The number of pyridine rings is 1. The van der Waals surface area contributed by atoms with Crippen molar-refractivity contribution in [2.45, 2.75) is 39.3 Å². The molecule has 84 valence electrons. The second kappa shape index (κ2) is 4.03. The normalized spacial score (nSPS) is 13.0. The van der Waals surface area contributed by atoms with Crippen LogP contribution in [0, 0.1) is 0 Å². The van der Waals surface area contributed by atoms with Gasteiger partial charge in [-0.15, -0.1) is 0 Å². The van der Waals surface area contributed by atoms with E-state index in [4.69, 9.17) is 11.6 Å². The summed E-state index contributed by atoms with van der Waals surface area (Å²) in [5.41, 5.74) is 0. The minimum Gasteiger partial charge on any atom is -0.246 e. The lowest BCUT2D eigenvalue weighted by molar-refractivity contribution is 1.37. The number of hydrogen-bond acceptors (Lipinski definition) is 1. The summed E-state index contributed by atoms with van der Waals surface area (Å²) < 4.78 is 0. The van der Waals surface area contributed by atoms with Crippen LogP contribution in [0.5, 0.6) is 0 Å². The van der Waals surface area contributed by atoms with Crippen LogP contribution in [0.4, 0.5) is 0 Å². The highest BCUT2D eigenvalue weighted by Gasteiger charge is 2.24. The van der Waals surface area contributed by atoms with Crippen LogP contribution in [-0.4, -0.2) is 21.1 Å². The van der Waals surface area contributed by atoms with E-state index in [-0.39, 0.29) is 0 Å². The van der Waals surface area contributed by atoms with E-state index in [1.165, 1.54) is 10.5 Å². The monoisotopic (exact) mass is 257 g/mol. The van der Waals surface area contributed by atoms with Crippen molar-refractivity contribution >= 4 is 38.3 Å². The summed E-state index contributed by atoms with van der Waals surface area (Å²) in [6, 6.07) is 4.36. The fourth-order valence-electron chi connectivity index (χ4n) is 1.41. The van der Waals surface area contributed by atoms with E-state index in [9.17, 15) is 0 Å². The molecule has 1 rings (SSSR count). The lowest BCUT2D eigenvalue weighted by Gasteiger charge is -2.21. The Morgan fingerprint density at radius 2 is 1.47 bits per heavy atom. The first-order chi connectivity index (χ1) is 6.62. The Morgan fingerprint density at radius 1 is 0.933 bits per heavy atom. The molecule has 1 aromatic rings. The van der Waals surface area contributed by atoms with E-state index in [2.05, 4.69) is 56.4 Å². The lowest BCUT2D eigenvalue weighted by Crippen LogP contribution is -2.45. The molecule has 0 unspecified atom stereocenters. The lowest BCUT2D eigenvalue weighted by atomic mass is 10.5. The smallest absolute Gasteiger partial charge is 0.128 e. The molecule has 0 saturated heterocycles. The molecular weight excluding hydrogens is 238 g/mol. The Morgan fingerprint density at radius 3 is 1.80 bits per heavy atom. The van der Waals surface area contributed by atoms with Gasteiger partial charge in [0, 0.05) is 5.32 Å². The van der Waals surface area contributed by atoms with Crippen LogP contribution in [0.2, 0.25) is 44.4 Å². The third-order valence-corrected chi connectivity index (χ3v) is 6.71. The third-order valence-electron chi connectivity index (χ3n) is 2.43. The average Bonchev–Trinajstić information content (AvgIpc) is 1.99. The molecular formula is C11H20ClNSi2. The van der Waals surface area contributed by atoms with E-state index in [0.29, 0.717) is 0 Å². The molecule has 0 aliphatic carbocycles. The maximum atomic E-state index is 6.27. The van der Waals surface area contributed by atoms with Gasteiger partial charge in [0.1, 0.15) is 13.2 Å². The molecule has 0 bridgehead atoms. The van der Waals surface area contributed by atoms with Crippen LogP contribution in [0.25, 0.3) is 0 Å². The molecule has 0 aliphatic rings. The van der Waals surface area contributed by atoms with Crippen molar-refractivity contribution in [3.05, 3.63) is 17.3 Å². The van der Waals surface area contributed by atoms with Crippen molar-refractivity contribution in [1.29, 1.82) is 0 Å². The predicted molar refractivity (Wildman–Crippen MR) is 75.2 cm³/mol. The average molecular weight is 258 g/mol. The van der Waals surface area contributed by atoms with Crippen molar-refractivity contribution in [2.75, 3.05) is 0 Å². The Bertz CT molecular complexity index is 364. The standard InChI is InChI=1S/C11H20ClNSi2/c1-14(2,3)9-7-8-10(13-11(9)12)15(4,5)6/h7-8H,1-6H3. The molecule has 0 aromatic carbocycles. The molecule has 0 aliphatic heterocycles. The Kier molecular flexibility index (Phi) is 3.48. The summed E-state index contributed by atoms with van der Waals surface area (Å²) in [5, 5.41) is 3.20. The van der Waals surface area contributed by atoms with Gasteiger partial charge in [-0.05, 0) is 11.3 Å². The van der Waals surface area contributed by atoms with Crippen molar-refractivity contribution in [3.63, 3.8) is 0 Å². The van der Waals surface area contributed by atoms with Crippen LogP contribution >= 0.6 is 11.6 Å². The minimum absolute atomic E-state index is 0.731. The largest absolute Gasteiger partial charge is 0.246 e. The summed E-state index contributed by atoms with van der Waals surface area (Å²) in [6.45, 7) is 13.8. The van der Waals surface area contributed by atoms with Gasteiger partial charge in [0.05, 0.1) is 8.07 Å². The highest BCUT2D eigenvalue weighted by atomic mass is 35.5. The molecule has 0 amide bonds. The zero-order valence-electron chi connectivity index (χ0n) is 10.5. The minimum atomic E-state index is -1.34. The van der Waals surface area contributed by atoms with Crippen molar-refractivity contribution < 1.29 is 0 Å². The van der Waals surface area contributed by atoms with E-state index in [0.717, 1.165) is 5.15 Å². The van der Waals surface area contributed by atoms with E-state index in [1.807, 2.05) is 0 Å². The highest BCUT2D eigenvalue weighted by molar-refractivity contribution is 6.90. The Hall–Kier alpha value is -0.126. The molecule has 1 heterocycles. The predicted octanol–water partition coefficient (Wildman–Crippen LogP) is 2.83. The number of halogens is 1. The van der Waals surface area contributed by atoms with Crippen LogP contribution < -0.4 is 10.5 Å². The van der Waals surface area contributed by atoms with Gasteiger partial charge in [-0.2, -0.15) is 0 Å². The topological polar surface area (TPSA) is 12.9 Å². The summed E-state index contributed by atoms with van der Waals surface area (Å²) >= 11 is 6.27. The highest BCUT2D eigenvalue weighted by Crippen LogP contribution is 2.10. The van der Waals surface area contributed by atoms with Gasteiger partial charge in [0.2, 0.25) is 0 Å². The van der Waals surface area contributed by atoms with Crippen LogP contribution in [-0.2, 0) is 0 Å². The molecule has 4 heteroatoms. The van der Waals surface area contributed by atoms with Crippen LogP contribution in [0.3, 0.4) is 0 Å². The molecule has 15 heavy (non-hydrogen) atoms. The molecule has 0 N–H and O–H groups in total. The van der Waals surface area contributed by atoms with Crippen LogP contribution in [0.1, 0.15) is 0 Å². The number of aromatic nitrogens is 1. The van der Waals surface area contributed by atoms with Gasteiger partial charge < -0.3 is 0 Å². The number of rotatable bonds is 2. The fourth-order valence-corrected chi connectivity index (χ4v) is 4.78. The molecule has 1 aromatic heterocycles. The van der Waals surface area contributed by atoms with Gasteiger partial charge in [0.15, 0.2) is 0 Å². The van der Waals surface area contributed by atoms with Gasteiger partial charge >= 0.3 is 0 Å². The summed E-state index contributed by atoms with van der Waals surface area (Å²) in [5.74, 6) is 0. The van der Waals surface area contributed by atoms with Crippen molar-refractivity contribution in [1.82, 2.24) is 4.98 Å². The van der Waals surface area contributed by atoms with Gasteiger partial charge in [-0.3, -0.25) is 0 Å². The molecule has 0 saturated carbocycles. The van der Waals surface area contributed by atoms with Crippen LogP contribution in [0.15, 0.2) is 12.1 Å². The Labute approximate surface area is 99.9 Å². The molecule has 0 spiro atoms. The summed E-state index contributed by atoms with van der Waals surface area (Å²) in [7, 11) is -2.67. The molecule has 0 atom stereocenters. The third kappa shape index (κ3) is 3.16. The van der Waals surface area contributed by atoms with Gasteiger partial charge in [0.25, 0.3) is 0 Å². The fraction of sp³-hybridized carbons (Fsp3) is 0.545. The summed E-state index contributed by atoms with van der Waals surface area (Å²) in [4.78, 5) is 4.57. The number of hydrogen-bond donors (Lipinski definition) is 0. The second-order valence-corrected chi connectivity index (χ2v) is 16.4. The molecule has 1 nitrogen and oxygen atoms in total. The summed E-state index contributed by atoms with van der Waals surface area (Å²) in [6.07, 6.45) is 0. The van der Waals surface area contributed by atoms with Crippen molar-refractivity contribution in [2.24, 2.45) is 0 Å². The SMILES string of the molecule is C[Si](C)(C)c1ccc([Si](C)(C)C)c(Cl)n1. The first-order valence-corrected chi connectivity index (χ1v) is 12.7. The first kappa shape index (κ1) is 12.9. The van der Waals surface area contributed by atoms with E-state index < -0.39 is 16.1 Å². The second-order valence-electron chi connectivity index (χ2n) is 6.03. The zero-order valence-corrected chi connectivity index (χ0v) is 13.2.